The van der Waals surface area contributed by atoms with E-state index in [0.29, 0.717) is 17.0 Å². The Hall–Kier alpha value is -3.46. The van der Waals surface area contributed by atoms with Crippen molar-refractivity contribution in [2.24, 2.45) is 5.10 Å². The van der Waals surface area contributed by atoms with E-state index in [2.05, 4.69) is 26.5 Å². The summed E-state index contributed by atoms with van der Waals surface area (Å²) in [6.07, 6.45) is 1.56. The van der Waals surface area contributed by atoms with Gasteiger partial charge in [0.15, 0.2) is 0 Å². The second-order valence-electron chi connectivity index (χ2n) is 6.48. The van der Waals surface area contributed by atoms with Crippen molar-refractivity contribution >= 4 is 33.7 Å². The number of aryl methyl sites for hydroxylation is 1. The molecule has 1 N–H and O–H groups in total. The van der Waals surface area contributed by atoms with Gasteiger partial charge in [-0.05, 0) is 44.2 Å². The lowest BCUT2D eigenvalue weighted by atomic mass is 10.2. The quantitative estimate of drug-likeness (QED) is 0.324. The fourth-order valence-corrected chi connectivity index (χ4v) is 3.51. The van der Waals surface area contributed by atoms with Crippen molar-refractivity contribution < 1.29 is 14.5 Å². The van der Waals surface area contributed by atoms with Gasteiger partial charge in [-0.15, -0.1) is 0 Å². The number of aromatic nitrogens is 1. The standard InChI is InChI=1S/C21H19BrN4O4/c1-13-9-16(12-23-24-21(27)15-5-4-6-17(22)10-15)14(2)25(13)19-8-7-18(26(28)29)11-20(19)30-3/h4-12H,1-3H3,(H,24,27)/b23-12-. The molecule has 0 fully saturated rings. The molecule has 2 aromatic carbocycles. The van der Waals surface area contributed by atoms with Crippen molar-refractivity contribution in [2.75, 3.05) is 7.11 Å². The summed E-state index contributed by atoms with van der Waals surface area (Å²) in [5.41, 5.74) is 6.16. The van der Waals surface area contributed by atoms with E-state index < -0.39 is 4.92 Å². The Morgan fingerprint density at radius 2 is 2.00 bits per heavy atom. The Balaban J connectivity index is 1.86. The first-order valence-electron chi connectivity index (χ1n) is 8.92. The van der Waals surface area contributed by atoms with Crippen LogP contribution in [0.2, 0.25) is 0 Å². The molecule has 0 aliphatic rings. The Kier molecular flexibility index (Phi) is 6.31. The predicted octanol–water partition coefficient (Wildman–Crippen LogP) is 4.54. The summed E-state index contributed by atoms with van der Waals surface area (Å²) in [7, 11) is 1.47. The van der Waals surface area contributed by atoms with Crippen molar-refractivity contribution in [3.8, 4) is 11.4 Å². The van der Waals surface area contributed by atoms with Crippen molar-refractivity contribution in [1.29, 1.82) is 0 Å². The monoisotopic (exact) mass is 470 g/mol. The predicted molar refractivity (Wildman–Crippen MR) is 118 cm³/mol. The lowest BCUT2D eigenvalue weighted by Gasteiger charge is -2.13. The number of nitrogens with one attached hydrogen (secondary N) is 1. The number of hydrogen-bond acceptors (Lipinski definition) is 5. The SMILES string of the molecule is COc1cc([N+](=O)[O-])ccc1-n1c(C)cc(/C=N\NC(=O)c2cccc(Br)c2)c1C. The smallest absolute Gasteiger partial charge is 0.273 e. The summed E-state index contributed by atoms with van der Waals surface area (Å²) in [5.74, 6) is 0.0656. The number of halogens is 1. The van der Waals surface area contributed by atoms with Crippen LogP contribution in [0.25, 0.3) is 5.69 Å². The molecular formula is C21H19BrN4O4. The molecule has 3 rings (SSSR count). The van der Waals surface area contributed by atoms with Crippen LogP contribution in [-0.2, 0) is 0 Å². The molecule has 1 heterocycles. The van der Waals surface area contributed by atoms with Crippen LogP contribution < -0.4 is 10.2 Å². The summed E-state index contributed by atoms with van der Waals surface area (Å²) in [5, 5.41) is 15.1. The van der Waals surface area contributed by atoms with E-state index in [-0.39, 0.29) is 11.6 Å². The number of nitrogens with zero attached hydrogens (tertiary/aromatic N) is 3. The van der Waals surface area contributed by atoms with E-state index in [1.165, 1.54) is 19.2 Å². The topological polar surface area (TPSA) is 98.8 Å². The molecule has 8 nitrogen and oxygen atoms in total. The molecule has 1 amide bonds. The molecule has 0 atom stereocenters. The maximum atomic E-state index is 12.2. The van der Waals surface area contributed by atoms with E-state index in [0.717, 1.165) is 21.4 Å². The van der Waals surface area contributed by atoms with Crippen LogP contribution in [0, 0.1) is 24.0 Å². The van der Waals surface area contributed by atoms with E-state index in [4.69, 9.17) is 4.74 Å². The Morgan fingerprint density at radius 3 is 2.67 bits per heavy atom. The molecule has 154 valence electrons. The van der Waals surface area contributed by atoms with Gasteiger partial charge in [0.05, 0.1) is 30.0 Å². The van der Waals surface area contributed by atoms with Gasteiger partial charge >= 0.3 is 0 Å². The number of carbonyl (C=O) groups is 1. The molecule has 0 spiro atoms. The highest BCUT2D eigenvalue weighted by Gasteiger charge is 2.17. The average molecular weight is 471 g/mol. The largest absolute Gasteiger partial charge is 0.494 e. The van der Waals surface area contributed by atoms with Crippen molar-refractivity contribution in [2.45, 2.75) is 13.8 Å². The van der Waals surface area contributed by atoms with Gasteiger partial charge in [0.2, 0.25) is 0 Å². The molecule has 0 aliphatic carbocycles. The average Bonchev–Trinajstić information content (AvgIpc) is 3.00. The van der Waals surface area contributed by atoms with Gasteiger partial charge in [0.1, 0.15) is 5.75 Å². The second-order valence-corrected chi connectivity index (χ2v) is 7.40. The van der Waals surface area contributed by atoms with Gasteiger partial charge in [-0.1, -0.05) is 22.0 Å². The zero-order valence-electron chi connectivity index (χ0n) is 16.5. The number of nitro groups is 1. The third-order valence-corrected chi connectivity index (χ3v) is 5.04. The first-order chi connectivity index (χ1) is 14.3. The number of methoxy groups -OCH3 is 1. The van der Waals surface area contributed by atoms with E-state index in [9.17, 15) is 14.9 Å². The van der Waals surface area contributed by atoms with E-state index >= 15 is 0 Å². The number of amides is 1. The van der Waals surface area contributed by atoms with Crippen LogP contribution in [0.3, 0.4) is 0 Å². The summed E-state index contributed by atoms with van der Waals surface area (Å²) in [6.45, 7) is 3.80. The summed E-state index contributed by atoms with van der Waals surface area (Å²) < 4.78 is 8.08. The Labute approximate surface area is 181 Å². The Morgan fingerprint density at radius 1 is 1.23 bits per heavy atom. The van der Waals surface area contributed by atoms with Crippen LogP contribution in [0.4, 0.5) is 5.69 Å². The number of hydrogen-bond donors (Lipinski definition) is 1. The molecule has 0 saturated carbocycles. The van der Waals surface area contributed by atoms with Crippen LogP contribution in [0.5, 0.6) is 5.75 Å². The van der Waals surface area contributed by atoms with Gasteiger partial charge in [-0.2, -0.15) is 5.10 Å². The van der Waals surface area contributed by atoms with Crippen LogP contribution in [0.1, 0.15) is 27.3 Å². The first-order valence-corrected chi connectivity index (χ1v) is 9.72. The van der Waals surface area contributed by atoms with Gasteiger partial charge < -0.3 is 9.30 Å². The highest BCUT2D eigenvalue weighted by atomic mass is 79.9. The molecule has 1 aromatic heterocycles. The minimum Gasteiger partial charge on any atom is -0.494 e. The van der Waals surface area contributed by atoms with Crippen LogP contribution in [-0.4, -0.2) is 28.7 Å². The number of non-ortho nitro benzene ring substituents is 1. The summed E-state index contributed by atoms with van der Waals surface area (Å²) in [4.78, 5) is 22.8. The zero-order chi connectivity index (χ0) is 21.8. The number of ether oxygens (including phenoxy) is 1. The lowest BCUT2D eigenvalue weighted by molar-refractivity contribution is -0.384. The number of nitro benzene ring substituents is 1. The van der Waals surface area contributed by atoms with Crippen LogP contribution >= 0.6 is 15.9 Å². The number of rotatable bonds is 6. The summed E-state index contributed by atoms with van der Waals surface area (Å²) in [6, 6.07) is 13.4. The highest BCUT2D eigenvalue weighted by molar-refractivity contribution is 9.10. The van der Waals surface area contributed by atoms with Gasteiger partial charge in [-0.3, -0.25) is 14.9 Å². The van der Waals surface area contributed by atoms with Gasteiger partial charge in [-0.25, -0.2) is 5.43 Å². The van der Waals surface area contributed by atoms with E-state index in [1.807, 2.05) is 30.5 Å². The van der Waals surface area contributed by atoms with E-state index in [1.54, 1.807) is 30.5 Å². The van der Waals surface area contributed by atoms with Gasteiger partial charge in [0.25, 0.3) is 11.6 Å². The molecule has 0 bridgehead atoms. The number of benzene rings is 2. The van der Waals surface area contributed by atoms with Gasteiger partial charge in [0, 0.05) is 33.1 Å². The van der Waals surface area contributed by atoms with Crippen molar-refractivity contribution in [3.05, 3.63) is 85.6 Å². The zero-order valence-corrected chi connectivity index (χ0v) is 18.1. The molecule has 0 aliphatic heterocycles. The molecule has 0 unspecified atom stereocenters. The maximum absolute atomic E-state index is 12.2. The number of carbonyl (C=O) groups excluding carboxylic acids is 1. The van der Waals surface area contributed by atoms with Crippen molar-refractivity contribution in [3.63, 3.8) is 0 Å². The fraction of sp³-hybridized carbons (Fsp3) is 0.143. The van der Waals surface area contributed by atoms with Crippen molar-refractivity contribution in [1.82, 2.24) is 9.99 Å². The lowest BCUT2D eigenvalue weighted by Crippen LogP contribution is -2.17. The Bertz CT molecular complexity index is 1150. The minimum atomic E-state index is -0.465. The second kappa shape index (κ2) is 8.91. The molecular weight excluding hydrogens is 452 g/mol. The molecule has 3 aromatic rings. The van der Waals surface area contributed by atoms with Crippen LogP contribution in [0.15, 0.2) is 58.1 Å². The third-order valence-electron chi connectivity index (χ3n) is 4.54. The molecule has 9 heteroatoms. The summed E-state index contributed by atoms with van der Waals surface area (Å²) >= 11 is 3.33. The normalized spacial score (nSPS) is 10.9. The first kappa shape index (κ1) is 21.3. The highest BCUT2D eigenvalue weighted by Crippen LogP contribution is 2.31. The molecule has 0 radical (unpaired) electrons. The third kappa shape index (κ3) is 4.41. The molecule has 30 heavy (non-hydrogen) atoms. The maximum Gasteiger partial charge on any atom is 0.273 e. The minimum absolute atomic E-state index is 0.0462. The number of hydrazone groups is 1. The molecule has 0 saturated heterocycles. The fourth-order valence-electron chi connectivity index (χ4n) is 3.11.